The Labute approximate surface area is 76.6 Å². The highest BCUT2D eigenvalue weighted by molar-refractivity contribution is 5.89. The second-order valence-electron chi connectivity index (χ2n) is 3.51. The molecule has 0 aromatic carbocycles. The van der Waals surface area contributed by atoms with Crippen LogP contribution in [0, 0.1) is 5.92 Å². The first kappa shape index (κ1) is 10.4. The molecule has 13 heavy (non-hydrogen) atoms. The van der Waals surface area contributed by atoms with Crippen molar-refractivity contribution in [1.29, 1.82) is 0 Å². The Balaban J connectivity index is 2.56. The molecule has 0 radical (unpaired) electrons. The summed E-state index contributed by atoms with van der Waals surface area (Å²) in [6.45, 7) is 0. The summed E-state index contributed by atoms with van der Waals surface area (Å²) in [5.41, 5.74) is -0.318. The monoisotopic (exact) mass is 191 g/mol. The van der Waals surface area contributed by atoms with Crippen molar-refractivity contribution in [2.24, 2.45) is 11.1 Å². The van der Waals surface area contributed by atoms with Crippen molar-refractivity contribution in [3.05, 3.63) is 0 Å². The molecule has 1 rings (SSSR count). The van der Waals surface area contributed by atoms with Crippen molar-refractivity contribution < 1.29 is 14.0 Å². The summed E-state index contributed by atoms with van der Waals surface area (Å²) in [6.07, 6.45) is 3.03. The van der Waals surface area contributed by atoms with Crippen LogP contribution >= 0.6 is 0 Å². The average molecular weight is 191 g/mol. The van der Waals surface area contributed by atoms with Gasteiger partial charge in [0.25, 0.3) is 6.43 Å². The van der Waals surface area contributed by atoms with Crippen LogP contribution in [-0.4, -0.2) is 17.3 Å². The summed E-state index contributed by atoms with van der Waals surface area (Å²) in [6, 6.07) is 0. The highest BCUT2D eigenvalue weighted by atomic mass is 19.3. The van der Waals surface area contributed by atoms with E-state index in [1.807, 2.05) is 0 Å². The van der Waals surface area contributed by atoms with Gasteiger partial charge in [0.2, 0.25) is 0 Å². The number of rotatable bonds is 2. The van der Waals surface area contributed by atoms with Crippen LogP contribution in [-0.2, 0) is 0 Å². The van der Waals surface area contributed by atoms with Gasteiger partial charge in [0.1, 0.15) is 5.71 Å². The molecule has 0 spiro atoms. The molecule has 4 heteroatoms. The Morgan fingerprint density at radius 3 is 2.08 bits per heavy atom. The molecule has 1 aliphatic carbocycles. The molecule has 2 nitrogen and oxygen atoms in total. The van der Waals surface area contributed by atoms with E-state index < -0.39 is 6.43 Å². The first-order valence-electron chi connectivity index (χ1n) is 4.75. The highest BCUT2D eigenvalue weighted by Gasteiger charge is 2.25. The Hall–Kier alpha value is -0.670. The van der Waals surface area contributed by atoms with E-state index in [0.29, 0.717) is 0 Å². The maximum atomic E-state index is 12.3. The van der Waals surface area contributed by atoms with Gasteiger partial charge in [0.05, 0.1) is 0 Å². The largest absolute Gasteiger partial charge is 0.411 e. The number of nitrogens with zero attached hydrogens (tertiary/aromatic N) is 1. The molecule has 0 amide bonds. The Bertz CT molecular complexity index is 174. The second-order valence-corrected chi connectivity index (χ2v) is 3.51. The number of hydrogen-bond donors (Lipinski definition) is 1. The first-order valence-corrected chi connectivity index (χ1v) is 4.75. The van der Waals surface area contributed by atoms with Gasteiger partial charge in [-0.1, -0.05) is 30.8 Å². The van der Waals surface area contributed by atoms with E-state index in [1.165, 1.54) is 0 Å². The molecule has 1 fully saturated rings. The molecule has 0 bridgehead atoms. The van der Waals surface area contributed by atoms with Crippen LogP contribution in [0.4, 0.5) is 8.78 Å². The lowest BCUT2D eigenvalue weighted by atomic mass is 9.95. The Morgan fingerprint density at radius 1 is 1.15 bits per heavy atom. The first-order chi connectivity index (χ1) is 6.25. The summed E-state index contributed by atoms with van der Waals surface area (Å²) in [5.74, 6) is -0.201. The van der Waals surface area contributed by atoms with E-state index in [1.54, 1.807) is 0 Å². The lowest BCUT2D eigenvalue weighted by molar-refractivity contribution is 0.203. The summed E-state index contributed by atoms with van der Waals surface area (Å²) in [5, 5.41) is 11.2. The predicted octanol–water partition coefficient (Wildman–Crippen LogP) is 3.05. The molecule has 0 aliphatic heterocycles. The second kappa shape index (κ2) is 5.14. The fourth-order valence-corrected chi connectivity index (χ4v) is 1.88. The number of alkyl halides is 2. The van der Waals surface area contributed by atoms with Gasteiger partial charge in [0, 0.05) is 5.92 Å². The molecular weight excluding hydrogens is 176 g/mol. The van der Waals surface area contributed by atoms with Crippen molar-refractivity contribution in [3.63, 3.8) is 0 Å². The summed E-state index contributed by atoms with van der Waals surface area (Å²) >= 11 is 0. The van der Waals surface area contributed by atoms with E-state index in [0.717, 1.165) is 38.5 Å². The number of hydrogen-bond acceptors (Lipinski definition) is 2. The predicted molar refractivity (Wildman–Crippen MR) is 46.4 cm³/mol. The molecule has 0 aromatic rings. The highest BCUT2D eigenvalue weighted by Crippen LogP contribution is 2.26. The smallest absolute Gasteiger partial charge is 0.280 e. The Kier molecular flexibility index (Phi) is 4.12. The normalized spacial score (nSPS) is 21.9. The van der Waals surface area contributed by atoms with Crippen LogP contribution in [0.15, 0.2) is 5.16 Å². The summed E-state index contributed by atoms with van der Waals surface area (Å²) in [7, 11) is 0. The third kappa shape index (κ3) is 2.94. The van der Waals surface area contributed by atoms with Gasteiger partial charge in [-0.25, -0.2) is 8.78 Å². The van der Waals surface area contributed by atoms with Gasteiger partial charge in [-0.3, -0.25) is 0 Å². The van der Waals surface area contributed by atoms with Gasteiger partial charge in [-0.05, 0) is 12.8 Å². The van der Waals surface area contributed by atoms with Gasteiger partial charge in [0.15, 0.2) is 0 Å². The van der Waals surface area contributed by atoms with Crippen molar-refractivity contribution in [2.75, 3.05) is 0 Å². The van der Waals surface area contributed by atoms with Crippen LogP contribution in [0.3, 0.4) is 0 Å². The number of oxime groups is 1. The third-order valence-corrected chi connectivity index (χ3v) is 2.61. The molecule has 76 valence electrons. The Morgan fingerprint density at radius 2 is 1.69 bits per heavy atom. The van der Waals surface area contributed by atoms with Gasteiger partial charge in [-0.15, -0.1) is 0 Å². The summed E-state index contributed by atoms with van der Waals surface area (Å²) in [4.78, 5) is 0. The lowest BCUT2D eigenvalue weighted by Crippen LogP contribution is -2.21. The third-order valence-electron chi connectivity index (χ3n) is 2.61. The topological polar surface area (TPSA) is 32.6 Å². The molecule has 1 N–H and O–H groups in total. The molecule has 1 aliphatic rings. The minimum absolute atomic E-state index is 0.201. The standard InChI is InChI=1S/C9H15F2NO/c10-9(11)8(12-13)7-5-3-1-2-4-6-7/h7,9,13H,1-6H2/b12-8-. The molecular formula is C9H15F2NO. The molecule has 0 unspecified atom stereocenters. The van der Waals surface area contributed by atoms with E-state index in [-0.39, 0.29) is 11.6 Å². The molecule has 0 atom stereocenters. The number of halogens is 2. The van der Waals surface area contributed by atoms with Crippen molar-refractivity contribution in [1.82, 2.24) is 0 Å². The average Bonchev–Trinajstić information content (AvgIpc) is 2.33. The van der Waals surface area contributed by atoms with Crippen LogP contribution in [0.2, 0.25) is 0 Å². The quantitative estimate of drug-likeness (QED) is 0.309. The van der Waals surface area contributed by atoms with Crippen LogP contribution in [0.5, 0.6) is 0 Å². The van der Waals surface area contributed by atoms with Crippen LogP contribution in [0.25, 0.3) is 0 Å². The minimum atomic E-state index is -2.60. The molecule has 0 heterocycles. The van der Waals surface area contributed by atoms with Gasteiger partial charge >= 0.3 is 0 Å². The van der Waals surface area contributed by atoms with Crippen molar-refractivity contribution in [3.8, 4) is 0 Å². The molecule has 1 saturated carbocycles. The minimum Gasteiger partial charge on any atom is -0.411 e. The maximum Gasteiger partial charge on any atom is 0.280 e. The molecule has 0 saturated heterocycles. The van der Waals surface area contributed by atoms with Crippen LogP contribution < -0.4 is 0 Å². The zero-order valence-electron chi connectivity index (χ0n) is 7.55. The van der Waals surface area contributed by atoms with Crippen molar-refractivity contribution in [2.45, 2.75) is 45.0 Å². The van der Waals surface area contributed by atoms with E-state index in [4.69, 9.17) is 5.21 Å². The maximum absolute atomic E-state index is 12.3. The fourth-order valence-electron chi connectivity index (χ4n) is 1.88. The lowest BCUT2D eigenvalue weighted by Gasteiger charge is -2.14. The van der Waals surface area contributed by atoms with Crippen LogP contribution in [0.1, 0.15) is 38.5 Å². The summed E-state index contributed by atoms with van der Waals surface area (Å²) < 4.78 is 24.7. The van der Waals surface area contributed by atoms with E-state index >= 15 is 0 Å². The molecule has 0 aromatic heterocycles. The van der Waals surface area contributed by atoms with E-state index in [9.17, 15) is 8.78 Å². The van der Waals surface area contributed by atoms with Gasteiger partial charge < -0.3 is 5.21 Å². The van der Waals surface area contributed by atoms with E-state index in [2.05, 4.69) is 5.16 Å². The zero-order chi connectivity index (χ0) is 9.68. The zero-order valence-corrected chi connectivity index (χ0v) is 7.55. The van der Waals surface area contributed by atoms with Crippen molar-refractivity contribution >= 4 is 5.71 Å². The fraction of sp³-hybridized carbons (Fsp3) is 0.889. The SMILES string of the molecule is O/N=C(\C(F)F)C1CCCCCC1. The van der Waals surface area contributed by atoms with Gasteiger partial charge in [-0.2, -0.15) is 0 Å².